The molecule has 148 valence electrons. The van der Waals surface area contributed by atoms with E-state index in [9.17, 15) is 14.4 Å². The van der Waals surface area contributed by atoms with Gasteiger partial charge in [-0.1, -0.05) is 6.07 Å². The van der Waals surface area contributed by atoms with Crippen molar-refractivity contribution in [2.45, 2.75) is 34.6 Å². The largest absolute Gasteiger partial charge is 0.462 e. The molecule has 0 aliphatic carbocycles. The van der Waals surface area contributed by atoms with Gasteiger partial charge in [0.2, 0.25) is 11.8 Å². The van der Waals surface area contributed by atoms with Crippen molar-refractivity contribution in [1.29, 1.82) is 0 Å². The lowest BCUT2D eigenvalue weighted by atomic mass is 9.90. The van der Waals surface area contributed by atoms with E-state index >= 15 is 0 Å². The fourth-order valence-corrected chi connectivity index (χ4v) is 2.40. The van der Waals surface area contributed by atoms with Gasteiger partial charge < -0.3 is 15.4 Å². The van der Waals surface area contributed by atoms with E-state index in [-0.39, 0.29) is 0 Å². The first-order valence-corrected chi connectivity index (χ1v) is 9.12. The molecule has 6 nitrogen and oxygen atoms in total. The molecule has 2 aromatic carbocycles. The van der Waals surface area contributed by atoms with E-state index in [0.29, 0.717) is 23.5 Å². The summed E-state index contributed by atoms with van der Waals surface area (Å²) in [7, 11) is 0. The van der Waals surface area contributed by atoms with E-state index in [2.05, 4.69) is 10.6 Å². The second kappa shape index (κ2) is 8.69. The van der Waals surface area contributed by atoms with Crippen molar-refractivity contribution in [3.8, 4) is 0 Å². The Balaban J connectivity index is 2.05. The molecule has 2 aromatic rings. The number of aryl methyl sites for hydroxylation is 2. The van der Waals surface area contributed by atoms with Gasteiger partial charge in [0.15, 0.2) is 0 Å². The molecule has 2 rings (SSSR count). The molecule has 0 aliphatic rings. The molecule has 0 bridgehead atoms. The molecular weight excluding hydrogens is 356 g/mol. The van der Waals surface area contributed by atoms with Gasteiger partial charge >= 0.3 is 5.97 Å². The molecule has 0 spiro atoms. The highest BCUT2D eigenvalue weighted by molar-refractivity contribution is 6.14. The fourth-order valence-electron chi connectivity index (χ4n) is 2.40. The molecule has 28 heavy (non-hydrogen) atoms. The van der Waals surface area contributed by atoms with Crippen LogP contribution in [0.25, 0.3) is 0 Å². The lowest BCUT2D eigenvalue weighted by Crippen LogP contribution is -2.41. The number of hydrogen-bond acceptors (Lipinski definition) is 4. The van der Waals surface area contributed by atoms with Crippen LogP contribution in [0.1, 0.15) is 42.3 Å². The van der Waals surface area contributed by atoms with Crippen molar-refractivity contribution in [3.05, 3.63) is 59.2 Å². The summed E-state index contributed by atoms with van der Waals surface area (Å²) in [4.78, 5) is 37.0. The van der Waals surface area contributed by atoms with Crippen LogP contribution in [0, 0.1) is 19.3 Å². The quantitative estimate of drug-likeness (QED) is 0.582. The number of anilines is 2. The molecule has 0 unspecified atom stereocenters. The van der Waals surface area contributed by atoms with E-state index < -0.39 is 23.2 Å². The number of benzene rings is 2. The van der Waals surface area contributed by atoms with Gasteiger partial charge in [-0.25, -0.2) is 4.79 Å². The number of rotatable bonds is 6. The van der Waals surface area contributed by atoms with Crippen LogP contribution in [0.3, 0.4) is 0 Å². The average molecular weight is 382 g/mol. The van der Waals surface area contributed by atoms with E-state index in [1.165, 1.54) is 0 Å². The highest BCUT2D eigenvalue weighted by Crippen LogP contribution is 2.23. The Morgan fingerprint density at radius 3 is 1.93 bits per heavy atom. The third-order valence-corrected chi connectivity index (χ3v) is 4.55. The number of nitrogens with one attached hydrogen (secondary N) is 2. The topological polar surface area (TPSA) is 84.5 Å². The van der Waals surface area contributed by atoms with E-state index in [1.54, 1.807) is 45.0 Å². The Bertz CT molecular complexity index is 886. The molecular formula is C22H26N2O4. The number of carbonyl (C=O) groups excluding carboxylic acids is 3. The third-order valence-electron chi connectivity index (χ3n) is 4.55. The molecule has 0 radical (unpaired) electrons. The molecule has 0 atom stereocenters. The van der Waals surface area contributed by atoms with Crippen LogP contribution >= 0.6 is 0 Å². The molecule has 2 N–H and O–H groups in total. The summed E-state index contributed by atoms with van der Waals surface area (Å²) in [5.41, 5.74) is 2.42. The van der Waals surface area contributed by atoms with Crippen LogP contribution in [0.4, 0.5) is 11.4 Å². The Morgan fingerprint density at radius 1 is 0.857 bits per heavy atom. The summed E-state index contributed by atoms with van der Waals surface area (Å²) in [5, 5.41) is 5.51. The number of ether oxygens (including phenoxy) is 1. The van der Waals surface area contributed by atoms with Gasteiger partial charge in [-0.05, 0) is 82.1 Å². The van der Waals surface area contributed by atoms with Crippen LogP contribution in [-0.2, 0) is 14.3 Å². The Morgan fingerprint density at radius 2 is 1.39 bits per heavy atom. The van der Waals surface area contributed by atoms with Crippen molar-refractivity contribution in [2.24, 2.45) is 5.41 Å². The zero-order chi connectivity index (χ0) is 20.9. The summed E-state index contributed by atoms with van der Waals surface area (Å²) < 4.78 is 4.93. The van der Waals surface area contributed by atoms with E-state index in [4.69, 9.17) is 4.74 Å². The summed E-state index contributed by atoms with van der Waals surface area (Å²) >= 11 is 0. The van der Waals surface area contributed by atoms with Gasteiger partial charge in [0.05, 0.1) is 12.2 Å². The second-order valence-corrected chi connectivity index (χ2v) is 7.13. The van der Waals surface area contributed by atoms with Crippen molar-refractivity contribution in [2.75, 3.05) is 17.2 Å². The van der Waals surface area contributed by atoms with Crippen LogP contribution in [0.5, 0.6) is 0 Å². The smallest absolute Gasteiger partial charge is 0.338 e. The van der Waals surface area contributed by atoms with Gasteiger partial charge in [-0.2, -0.15) is 0 Å². The molecule has 0 aromatic heterocycles. The standard InChI is InChI=1S/C22H26N2O4/c1-6-28-19(25)16-8-11-17(12-9-16)23-20(26)22(4,5)21(27)24-18-10-7-14(2)15(3)13-18/h7-13H,6H2,1-5H3,(H,23,26)(H,24,27). The van der Waals surface area contributed by atoms with Crippen molar-refractivity contribution >= 4 is 29.2 Å². The number of hydrogen-bond donors (Lipinski definition) is 2. The van der Waals surface area contributed by atoms with Gasteiger partial charge in [-0.3, -0.25) is 9.59 Å². The molecule has 6 heteroatoms. The number of amides is 2. The van der Waals surface area contributed by atoms with Gasteiger partial charge in [0.25, 0.3) is 0 Å². The third kappa shape index (κ3) is 4.97. The maximum Gasteiger partial charge on any atom is 0.338 e. The van der Waals surface area contributed by atoms with E-state index in [1.807, 2.05) is 32.0 Å². The van der Waals surface area contributed by atoms with Crippen LogP contribution in [0.2, 0.25) is 0 Å². The van der Waals surface area contributed by atoms with E-state index in [0.717, 1.165) is 11.1 Å². The fraction of sp³-hybridized carbons (Fsp3) is 0.318. The molecule has 0 heterocycles. The van der Waals surface area contributed by atoms with Crippen LogP contribution < -0.4 is 10.6 Å². The molecule has 0 aliphatic heterocycles. The summed E-state index contributed by atoms with van der Waals surface area (Å²) in [5.74, 6) is -1.28. The minimum absolute atomic E-state index is 0.293. The summed E-state index contributed by atoms with van der Waals surface area (Å²) in [6, 6.07) is 11.9. The van der Waals surface area contributed by atoms with Gasteiger partial charge in [0, 0.05) is 11.4 Å². The minimum Gasteiger partial charge on any atom is -0.462 e. The number of carbonyl (C=O) groups is 3. The molecule has 2 amide bonds. The maximum absolute atomic E-state index is 12.6. The molecule has 0 saturated carbocycles. The van der Waals surface area contributed by atoms with Gasteiger partial charge in [0.1, 0.15) is 5.41 Å². The highest BCUT2D eigenvalue weighted by atomic mass is 16.5. The summed E-state index contributed by atoms with van der Waals surface area (Å²) in [6.45, 7) is 9.10. The Labute approximate surface area is 165 Å². The SMILES string of the molecule is CCOC(=O)c1ccc(NC(=O)C(C)(C)C(=O)Nc2ccc(C)c(C)c2)cc1. The van der Waals surface area contributed by atoms with Gasteiger partial charge in [-0.15, -0.1) is 0 Å². The molecule has 0 fully saturated rings. The number of esters is 1. The average Bonchev–Trinajstić information content (AvgIpc) is 2.65. The molecule has 0 saturated heterocycles. The zero-order valence-corrected chi connectivity index (χ0v) is 16.9. The van der Waals surface area contributed by atoms with Crippen LogP contribution in [-0.4, -0.2) is 24.4 Å². The Kier molecular flexibility index (Phi) is 6.57. The normalized spacial score (nSPS) is 10.9. The summed E-state index contributed by atoms with van der Waals surface area (Å²) in [6.07, 6.45) is 0. The lowest BCUT2D eigenvalue weighted by molar-refractivity contribution is -0.135. The Hall–Kier alpha value is -3.15. The lowest BCUT2D eigenvalue weighted by Gasteiger charge is -2.23. The monoisotopic (exact) mass is 382 g/mol. The highest BCUT2D eigenvalue weighted by Gasteiger charge is 2.36. The predicted octanol–water partition coefficient (Wildman–Crippen LogP) is 4.08. The first-order chi connectivity index (χ1) is 13.1. The van der Waals surface area contributed by atoms with Crippen molar-refractivity contribution in [3.63, 3.8) is 0 Å². The second-order valence-electron chi connectivity index (χ2n) is 7.13. The van der Waals surface area contributed by atoms with Crippen molar-refractivity contribution in [1.82, 2.24) is 0 Å². The van der Waals surface area contributed by atoms with Crippen molar-refractivity contribution < 1.29 is 19.1 Å². The maximum atomic E-state index is 12.6. The predicted molar refractivity (Wildman–Crippen MR) is 109 cm³/mol. The first-order valence-electron chi connectivity index (χ1n) is 9.12. The first kappa shape index (κ1) is 21.2. The zero-order valence-electron chi connectivity index (χ0n) is 16.9. The minimum atomic E-state index is -1.29. The van der Waals surface area contributed by atoms with Crippen LogP contribution in [0.15, 0.2) is 42.5 Å².